The molecule has 3 aromatic rings. The molecule has 0 spiro atoms. The number of aromatic amines is 2. The summed E-state index contributed by atoms with van der Waals surface area (Å²) in [5.41, 5.74) is 6.19. The number of carbonyl (C=O) groups is 4. The Morgan fingerprint density at radius 2 is 1.34 bits per heavy atom. The third-order valence-corrected chi connectivity index (χ3v) is 10.9. The van der Waals surface area contributed by atoms with Gasteiger partial charge in [0.05, 0.1) is 34.9 Å². The Balaban J connectivity index is 0.00000561. The second kappa shape index (κ2) is 27.1. The van der Waals surface area contributed by atoms with Crippen LogP contribution in [0.25, 0.3) is 39.3 Å². The third-order valence-electron chi connectivity index (χ3n) is 10.9. The van der Waals surface area contributed by atoms with Crippen LogP contribution in [0, 0.1) is 13.8 Å². The van der Waals surface area contributed by atoms with E-state index in [4.69, 9.17) is 14.8 Å². The number of oxime groups is 1. The van der Waals surface area contributed by atoms with Crippen LogP contribution in [0.15, 0.2) is 58.1 Å². The number of nitrogens with zero attached hydrogens (tertiary/aromatic N) is 5. The number of nitrogens with one attached hydrogen (secondary N) is 2. The van der Waals surface area contributed by atoms with Gasteiger partial charge in [0, 0.05) is 52.4 Å². The average molecular weight is 956 g/mol. The number of aliphatic carboxylic acids is 4. The molecule has 5 N–H and O–H groups in total. The number of hydrogen-bond acceptors (Lipinski definition) is 15. The number of fused-ring (bicyclic) bond motifs is 8. The van der Waals surface area contributed by atoms with Crippen LogP contribution in [-0.2, 0) is 36.0 Å². The van der Waals surface area contributed by atoms with Crippen LogP contribution < -0.4 is 139 Å². The molecule has 67 heavy (non-hydrogen) atoms. The normalized spacial score (nSPS) is 16.8. The topological polar surface area (TPSA) is 325 Å². The molecule has 0 saturated heterocycles. The molecule has 0 radical (unpaired) electrons. The Kier molecular flexibility index (Phi) is 24.9. The third kappa shape index (κ3) is 15.3. The summed E-state index contributed by atoms with van der Waals surface area (Å²) >= 11 is 0. The van der Waals surface area contributed by atoms with Gasteiger partial charge in [-0.05, 0) is 123 Å². The van der Waals surface area contributed by atoms with E-state index in [1.807, 2.05) is 6.92 Å². The van der Waals surface area contributed by atoms with Crippen molar-refractivity contribution in [2.75, 3.05) is 7.11 Å². The number of carboxylic acid groups (broad SMARTS) is 4. The maximum absolute atomic E-state index is 13.0. The summed E-state index contributed by atoms with van der Waals surface area (Å²) in [4.78, 5) is 74.2. The number of aryl methyl sites for hydroxylation is 3. The first-order valence-electron chi connectivity index (χ1n) is 19.6. The van der Waals surface area contributed by atoms with Crippen LogP contribution in [0.4, 0.5) is 0 Å². The number of hydrogen-bond donors (Lipinski definition) is 5. The Morgan fingerprint density at radius 3 is 1.88 bits per heavy atom. The van der Waals surface area contributed by atoms with Gasteiger partial charge in [-0.3, -0.25) is 15.0 Å². The van der Waals surface area contributed by atoms with Gasteiger partial charge in [-0.2, -0.15) is 0 Å². The first-order chi connectivity index (χ1) is 29.7. The Morgan fingerprint density at radius 1 is 0.806 bits per heavy atom. The summed E-state index contributed by atoms with van der Waals surface area (Å²) < 4.78 is 0. The molecule has 332 valence electrons. The number of aliphatic imine (C=N–C) groups is 2. The molecule has 2 aliphatic heterocycles. The molecule has 2 aliphatic rings. The van der Waals surface area contributed by atoms with Gasteiger partial charge in [-0.25, -0.2) is 14.6 Å². The minimum absolute atomic E-state index is 0. The maximum atomic E-state index is 13.0. The summed E-state index contributed by atoms with van der Waals surface area (Å²) in [6, 6.07) is 3.27. The molecule has 3 aromatic heterocycles. The fourth-order valence-electron chi connectivity index (χ4n) is 7.45. The van der Waals surface area contributed by atoms with Crippen molar-refractivity contribution in [3.05, 3.63) is 88.0 Å². The van der Waals surface area contributed by atoms with Crippen molar-refractivity contribution in [3.63, 3.8) is 0 Å². The Hall–Kier alpha value is -3.41. The second-order valence-corrected chi connectivity index (χ2v) is 15.1. The minimum atomic E-state index is -1.85. The van der Waals surface area contributed by atoms with Crippen LogP contribution in [0.2, 0.25) is 0 Å². The smallest absolute Gasteiger partial charge is 0.862 e. The summed E-state index contributed by atoms with van der Waals surface area (Å²) in [7, 11) is 1.39. The first kappa shape index (κ1) is 61.6. The predicted molar refractivity (Wildman–Crippen MR) is 225 cm³/mol. The zero-order valence-electron chi connectivity index (χ0n) is 39.1. The molecule has 4 atom stereocenters. The second-order valence-electron chi connectivity index (χ2n) is 15.1. The molecular weight excluding hydrogens is 910 g/mol. The standard InChI is InChI=1S/C44H49N7O12.4Na/c1-7-24-21(2)28-15-29-22(3)25(10-12-38(52)50-35(42(58)59)19-40(54)55)31(46-29)17-32-26(11-13-39(53)51-36(43(60)61)20-41(56)57)23(4)30(47-32)16-34-27(9-8-14-45-63-6)44(5,62)37(49-34)18-33(24)48-28;;;;/h7-9,14-18,27,35-36,47-48,62H,1,10-13,19-20H2,2-6H3,(H,50,52)(H,51,53)(H,54,55)(H,56,57)(H,58,59)(H,60,61);;;;/q;4*+1/p-4/b9-8+,28-15?,29-15?,30-16?,31-17?,32-17?,33-18?,34-16?,37-18?,45-14-;;;;. The van der Waals surface area contributed by atoms with Crippen molar-refractivity contribution in [3.8, 4) is 0 Å². The van der Waals surface area contributed by atoms with Gasteiger partial charge < -0.3 is 60.1 Å². The number of H-pyrrole nitrogens is 2. The van der Waals surface area contributed by atoms with E-state index in [2.05, 4.69) is 31.7 Å². The SMILES string of the molecule is C=Cc1c(C)c2cc3nc(cc4[nH]c(cc5nc(cc1[nH]2)C(C)(O)C5/C=C/C=N\OC)c(C)c4CCC([O-])=NC(CC(=O)[O-])C(=O)O)C(CCC([O-])=NC(CC(=O)[O-])C(=O)O)=C3C.[Na+].[Na+].[Na+].[Na+]. The average Bonchev–Trinajstić information content (AvgIpc) is 3.84. The molecule has 19 nitrogen and oxygen atoms in total. The van der Waals surface area contributed by atoms with Gasteiger partial charge in [0.1, 0.15) is 12.7 Å². The first-order valence-corrected chi connectivity index (χ1v) is 19.6. The molecule has 4 unspecified atom stereocenters. The zero-order chi connectivity index (χ0) is 46.3. The fourth-order valence-corrected chi connectivity index (χ4v) is 7.45. The van der Waals surface area contributed by atoms with Gasteiger partial charge in [-0.1, -0.05) is 23.9 Å². The van der Waals surface area contributed by atoms with E-state index in [1.165, 1.54) is 13.3 Å². The molecule has 23 heteroatoms. The molecule has 0 amide bonds. The molecule has 0 aliphatic carbocycles. The summed E-state index contributed by atoms with van der Waals surface area (Å²) in [5, 5.41) is 83.2. The number of rotatable bonds is 18. The van der Waals surface area contributed by atoms with E-state index < -0.39 is 72.1 Å². The van der Waals surface area contributed by atoms with Crippen molar-refractivity contribution in [1.82, 2.24) is 19.9 Å². The number of allylic oxidation sites excluding steroid dienone is 3. The van der Waals surface area contributed by atoms with Crippen LogP contribution >= 0.6 is 0 Å². The van der Waals surface area contributed by atoms with Crippen LogP contribution in [0.1, 0.15) is 96.9 Å². The van der Waals surface area contributed by atoms with E-state index >= 15 is 0 Å². The molecular formula is C44H45N7Na4O12. The van der Waals surface area contributed by atoms with Crippen molar-refractivity contribution in [1.29, 1.82) is 0 Å². The number of aromatic nitrogens is 4. The molecule has 0 fully saturated rings. The zero-order valence-corrected chi connectivity index (χ0v) is 47.1. The van der Waals surface area contributed by atoms with Gasteiger partial charge >= 0.3 is 130 Å². The number of aliphatic hydroxyl groups is 1. The molecule has 8 bridgehead atoms. The monoisotopic (exact) mass is 955 g/mol. The van der Waals surface area contributed by atoms with Gasteiger partial charge in [0.15, 0.2) is 12.1 Å². The van der Waals surface area contributed by atoms with Crippen LogP contribution in [0.5, 0.6) is 0 Å². The van der Waals surface area contributed by atoms with Gasteiger partial charge in [0.25, 0.3) is 0 Å². The quantitative estimate of drug-likeness (QED) is 0.0343. The molecule has 0 aromatic carbocycles. The van der Waals surface area contributed by atoms with Gasteiger partial charge in [-0.15, -0.1) is 0 Å². The minimum Gasteiger partial charge on any atom is -0.862 e. The van der Waals surface area contributed by atoms with Gasteiger partial charge in [0.2, 0.25) is 0 Å². The van der Waals surface area contributed by atoms with Crippen LogP contribution in [0.3, 0.4) is 0 Å². The largest absolute Gasteiger partial charge is 1.00 e. The Labute approximate surface area is 473 Å². The van der Waals surface area contributed by atoms with Crippen molar-refractivity contribution < 1.29 is 178 Å². The van der Waals surface area contributed by atoms with Crippen molar-refractivity contribution >= 4 is 81.2 Å². The molecule has 0 saturated carbocycles. The van der Waals surface area contributed by atoms with Crippen LogP contribution in [-0.4, -0.2) is 96.3 Å². The summed E-state index contributed by atoms with van der Waals surface area (Å²) in [6.07, 6.45) is 3.78. The van der Waals surface area contributed by atoms with E-state index in [-0.39, 0.29) is 144 Å². The summed E-state index contributed by atoms with van der Waals surface area (Å²) in [6.45, 7) is 11.1. The number of carboxylic acids is 4. The van der Waals surface area contributed by atoms with E-state index in [0.717, 1.165) is 11.1 Å². The molecule has 5 heterocycles. The Bertz CT molecular complexity index is 2690. The van der Waals surface area contributed by atoms with E-state index in [9.17, 15) is 54.9 Å². The maximum Gasteiger partial charge on any atom is 1.00 e. The summed E-state index contributed by atoms with van der Waals surface area (Å²) in [5.74, 6) is -9.02. The van der Waals surface area contributed by atoms with Crippen molar-refractivity contribution in [2.24, 2.45) is 15.1 Å². The number of carbonyl (C=O) groups excluding carboxylic acids is 2. The fraction of sp³-hybridized carbons (Fsp3) is 0.341. The molecule has 5 rings (SSSR count). The van der Waals surface area contributed by atoms with E-state index in [1.54, 1.807) is 63.3 Å². The van der Waals surface area contributed by atoms with E-state index in [0.29, 0.717) is 67.1 Å². The predicted octanol–water partition coefficient (Wildman–Crippen LogP) is -10.9. The van der Waals surface area contributed by atoms with Crippen molar-refractivity contribution in [2.45, 2.75) is 89.8 Å².